The predicted octanol–water partition coefficient (Wildman–Crippen LogP) is 3.62. The smallest absolute Gasteiger partial charge is 0.255 e. The van der Waals surface area contributed by atoms with Gasteiger partial charge in [0.05, 0.1) is 14.1 Å². The van der Waals surface area contributed by atoms with Crippen molar-refractivity contribution in [3.63, 3.8) is 0 Å². The molecule has 0 bridgehead atoms. The third-order valence-electron chi connectivity index (χ3n) is 4.85. The molecule has 136 valence electrons. The van der Waals surface area contributed by atoms with Gasteiger partial charge in [-0.1, -0.05) is 37.6 Å². The average molecular weight is 370 g/mol. The standard InChI is InChI=1S/C20H24N3O2S/c1-5-8-14-11-21-18-16(19(24)23(4)20(25)22(18)3)17(14)26-12-15-10-7-6-9-13(15)2/h6-7,9-11,16H,5,8,12H2,1-4H3/q+1. The number of aliphatic imine (C=N–C) groups is 1. The van der Waals surface area contributed by atoms with E-state index >= 15 is 0 Å². The monoisotopic (exact) mass is 370 g/mol. The van der Waals surface area contributed by atoms with Crippen LogP contribution >= 0.6 is 11.8 Å². The van der Waals surface area contributed by atoms with Crippen LogP contribution in [-0.2, 0) is 10.5 Å². The second-order valence-electron chi connectivity index (χ2n) is 6.64. The minimum atomic E-state index is -0.483. The largest absolute Gasteiger partial charge is 0.445 e. The topological polar surface area (TPSA) is 52.8 Å². The Kier molecular flexibility index (Phi) is 5.41. The van der Waals surface area contributed by atoms with Gasteiger partial charge in [-0.2, -0.15) is 9.48 Å². The van der Waals surface area contributed by atoms with Gasteiger partial charge in [-0.15, -0.1) is 16.8 Å². The minimum absolute atomic E-state index is 0.194. The van der Waals surface area contributed by atoms with Crippen LogP contribution in [0.4, 0.5) is 4.79 Å². The van der Waals surface area contributed by atoms with Crippen molar-refractivity contribution in [2.45, 2.75) is 32.4 Å². The van der Waals surface area contributed by atoms with Crippen LogP contribution < -0.4 is 0 Å². The summed E-state index contributed by atoms with van der Waals surface area (Å²) in [6, 6.07) is 7.96. The fourth-order valence-electron chi connectivity index (χ4n) is 3.26. The van der Waals surface area contributed by atoms with E-state index in [0.29, 0.717) is 5.84 Å². The molecule has 1 aromatic rings. The number of aryl methyl sites for hydroxylation is 1. The quantitative estimate of drug-likeness (QED) is 0.744. The van der Waals surface area contributed by atoms with Crippen LogP contribution in [0.2, 0.25) is 0 Å². The number of hydrogen-bond acceptors (Lipinski definition) is 4. The molecule has 0 saturated heterocycles. The number of thioether (sulfide) groups is 1. The summed E-state index contributed by atoms with van der Waals surface area (Å²) in [5, 5.41) is 0. The number of carbonyl (C=O) groups excluding carboxylic acids is 2. The van der Waals surface area contributed by atoms with E-state index in [-0.39, 0.29) is 11.9 Å². The Labute approximate surface area is 158 Å². The van der Waals surface area contributed by atoms with Gasteiger partial charge in [0, 0.05) is 10.7 Å². The molecule has 2 aliphatic heterocycles. The third-order valence-corrected chi connectivity index (χ3v) is 6.11. The summed E-state index contributed by atoms with van der Waals surface area (Å²) in [5.74, 6) is 0.649. The number of carbonyl (C=O) groups is 2. The molecular weight excluding hydrogens is 346 g/mol. The Morgan fingerprint density at radius 3 is 2.69 bits per heavy atom. The van der Waals surface area contributed by atoms with Crippen LogP contribution in [0.1, 0.15) is 30.9 Å². The zero-order valence-electron chi connectivity index (χ0n) is 15.7. The summed E-state index contributed by atoms with van der Waals surface area (Å²) in [6.45, 7) is 4.22. The van der Waals surface area contributed by atoms with Crippen LogP contribution in [0, 0.1) is 12.8 Å². The first-order valence-electron chi connectivity index (χ1n) is 8.82. The van der Waals surface area contributed by atoms with E-state index in [1.165, 1.54) is 20.6 Å². The van der Waals surface area contributed by atoms with E-state index in [1.807, 2.05) is 18.3 Å². The number of rotatable bonds is 5. The highest BCUT2D eigenvalue weighted by molar-refractivity contribution is 8.02. The molecule has 0 spiro atoms. The van der Waals surface area contributed by atoms with Crippen molar-refractivity contribution < 1.29 is 14.2 Å². The van der Waals surface area contributed by atoms with Crippen molar-refractivity contribution in [3.8, 4) is 0 Å². The zero-order valence-corrected chi connectivity index (χ0v) is 16.5. The highest BCUT2D eigenvalue weighted by Gasteiger charge is 2.48. The highest BCUT2D eigenvalue weighted by atomic mass is 32.2. The molecule has 3 amide bonds. The number of fused-ring (bicyclic) bond motifs is 1. The molecule has 0 aromatic heterocycles. The third kappa shape index (κ3) is 3.26. The number of nitrogens with zero attached hydrogens (tertiary/aromatic N) is 3. The molecule has 3 rings (SSSR count). The summed E-state index contributed by atoms with van der Waals surface area (Å²) in [4.78, 5) is 31.8. The maximum atomic E-state index is 12.9. The van der Waals surface area contributed by atoms with Crippen LogP contribution in [0.5, 0.6) is 0 Å². The fourth-order valence-corrected chi connectivity index (χ4v) is 4.61. The molecule has 6 heteroatoms. The lowest BCUT2D eigenvalue weighted by molar-refractivity contribution is -0.407. The highest BCUT2D eigenvalue weighted by Crippen LogP contribution is 2.37. The SMILES string of the molecule is CCCC1=C(SCc2ccccc2C)C2C(=O)N(C)C(=O)[N+](C)=C2N=C1. The van der Waals surface area contributed by atoms with Gasteiger partial charge >= 0.3 is 11.9 Å². The van der Waals surface area contributed by atoms with Gasteiger partial charge in [-0.3, -0.25) is 4.79 Å². The molecule has 1 aromatic carbocycles. The number of imide groups is 1. The molecule has 0 N–H and O–H groups in total. The van der Waals surface area contributed by atoms with Gasteiger partial charge in [0.15, 0.2) is 5.92 Å². The van der Waals surface area contributed by atoms with Crippen molar-refractivity contribution in [1.29, 1.82) is 0 Å². The maximum absolute atomic E-state index is 12.9. The van der Waals surface area contributed by atoms with E-state index in [2.05, 4.69) is 31.0 Å². The van der Waals surface area contributed by atoms with Crippen molar-refractivity contribution in [2.24, 2.45) is 10.9 Å². The molecule has 0 saturated carbocycles. The van der Waals surface area contributed by atoms with Crippen molar-refractivity contribution in [2.75, 3.05) is 14.1 Å². The first kappa shape index (κ1) is 18.6. The van der Waals surface area contributed by atoms with E-state index in [0.717, 1.165) is 29.1 Å². The van der Waals surface area contributed by atoms with Gasteiger partial charge in [-0.05, 0) is 30.0 Å². The van der Waals surface area contributed by atoms with Crippen LogP contribution in [-0.4, -0.2) is 47.6 Å². The Balaban J connectivity index is 2.00. The van der Waals surface area contributed by atoms with Gasteiger partial charge in [0.25, 0.3) is 5.84 Å². The summed E-state index contributed by atoms with van der Waals surface area (Å²) in [6.07, 6.45) is 3.69. The zero-order chi connectivity index (χ0) is 18.8. The van der Waals surface area contributed by atoms with Crippen LogP contribution in [0.3, 0.4) is 0 Å². The average Bonchev–Trinajstić information content (AvgIpc) is 2.64. The van der Waals surface area contributed by atoms with E-state index in [1.54, 1.807) is 25.9 Å². The Morgan fingerprint density at radius 2 is 2.00 bits per heavy atom. The van der Waals surface area contributed by atoms with Crippen molar-refractivity contribution >= 4 is 35.8 Å². The lowest BCUT2D eigenvalue weighted by Crippen LogP contribution is -2.52. The summed E-state index contributed by atoms with van der Waals surface area (Å²) in [7, 11) is 3.22. The molecule has 2 aliphatic rings. The number of amides is 3. The van der Waals surface area contributed by atoms with E-state index < -0.39 is 5.92 Å². The molecule has 5 nitrogen and oxygen atoms in total. The normalized spacial score (nSPS) is 20.2. The van der Waals surface area contributed by atoms with Gasteiger partial charge in [0.2, 0.25) is 0 Å². The van der Waals surface area contributed by atoms with E-state index in [9.17, 15) is 9.59 Å². The first-order valence-corrected chi connectivity index (χ1v) is 9.80. The van der Waals surface area contributed by atoms with Gasteiger partial charge in [0.1, 0.15) is 6.21 Å². The first-order chi connectivity index (χ1) is 12.5. The summed E-state index contributed by atoms with van der Waals surface area (Å²) < 4.78 is 1.49. The summed E-state index contributed by atoms with van der Waals surface area (Å²) in [5.41, 5.74) is 3.60. The molecule has 26 heavy (non-hydrogen) atoms. The second kappa shape index (κ2) is 7.58. The lowest BCUT2D eigenvalue weighted by atomic mass is 9.96. The number of benzene rings is 1. The second-order valence-corrected chi connectivity index (χ2v) is 7.66. The number of urea groups is 1. The summed E-state index contributed by atoms with van der Waals surface area (Å²) >= 11 is 1.69. The maximum Gasteiger partial charge on any atom is 0.445 e. The fraction of sp³-hybridized carbons (Fsp3) is 0.400. The van der Waals surface area contributed by atoms with Crippen molar-refractivity contribution in [1.82, 2.24) is 4.90 Å². The predicted molar refractivity (Wildman–Crippen MR) is 106 cm³/mol. The molecule has 2 heterocycles. The number of allylic oxidation sites excluding steroid dienone is 1. The lowest BCUT2D eigenvalue weighted by Gasteiger charge is -2.28. The van der Waals surface area contributed by atoms with Crippen molar-refractivity contribution in [3.05, 3.63) is 45.9 Å². The van der Waals surface area contributed by atoms with Gasteiger partial charge < -0.3 is 0 Å². The molecule has 0 aliphatic carbocycles. The van der Waals surface area contributed by atoms with Crippen LogP contribution in [0.25, 0.3) is 0 Å². The minimum Gasteiger partial charge on any atom is -0.255 e. The molecule has 0 radical (unpaired) electrons. The van der Waals surface area contributed by atoms with E-state index in [4.69, 9.17) is 0 Å². The number of hydrogen-bond donors (Lipinski definition) is 0. The van der Waals surface area contributed by atoms with Gasteiger partial charge in [-0.25, -0.2) is 4.79 Å². The van der Waals surface area contributed by atoms with Crippen LogP contribution in [0.15, 0.2) is 39.7 Å². The molecule has 0 fully saturated rings. The Morgan fingerprint density at radius 1 is 1.27 bits per heavy atom. The molecule has 1 atom stereocenters. The Bertz CT molecular complexity index is 854. The Hall–Kier alpha value is -2.21. The molecular formula is C20H24N3O2S+. The molecule has 1 unspecified atom stereocenters. The number of dihydropyridines is 1. The number of amidine groups is 1.